The molecule has 0 unspecified atom stereocenters. The molecule has 0 radical (unpaired) electrons. The van der Waals surface area contributed by atoms with Crippen molar-refractivity contribution in [1.29, 1.82) is 0 Å². The molecule has 6 heteroatoms. The Bertz CT molecular complexity index is 604. The fraction of sp³-hybridized carbons (Fsp3) is 0.833. The van der Waals surface area contributed by atoms with E-state index in [2.05, 4.69) is 28.8 Å². The van der Waals surface area contributed by atoms with Crippen molar-refractivity contribution in [2.24, 2.45) is 11.3 Å². The van der Waals surface area contributed by atoms with Crippen LogP contribution >= 0.6 is 0 Å². The number of carbonyl (C=O) groups is 1. The number of nitrogens with zero attached hydrogens (tertiary/aromatic N) is 4. The van der Waals surface area contributed by atoms with Gasteiger partial charge in [-0.3, -0.25) is 9.69 Å². The maximum atomic E-state index is 12.9. The third kappa shape index (κ3) is 3.21. The van der Waals surface area contributed by atoms with Gasteiger partial charge in [-0.05, 0) is 53.4 Å². The first kappa shape index (κ1) is 17.4. The normalized spacial score (nSPS) is 27.7. The highest BCUT2D eigenvalue weighted by Crippen LogP contribution is 2.50. The second-order valence-corrected chi connectivity index (χ2v) is 8.63. The average molecular weight is 334 g/mol. The van der Waals surface area contributed by atoms with Gasteiger partial charge in [0.05, 0.1) is 12.0 Å². The Morgan fingerprint density at radius 2 is 2.21 bits per heavy atom. The molecule has 0 N–H and O–H groups in total. The number of hydrogen-bond donors (Lipinski definition) is 0. The van der Waals surface area contributed by atoms with E-state index in [0.717, 1.165) is 44.7 Å². The van der Waals surface area contributed by atoms with E-state index in [9.17, 15) is 4.79 Å². The van der Waals surface area contributed by atoms with Crippen molar-refractivity contribution in [3.63, 3.8) is 0 Å². The third-order valence-corrected chi connectivity index (χ3v) is 5.25. The zero-order chi connectivity index (χ0) is 17.5. The van der Waals surface area contributed by atoms with Crippen molar-refractivity contribution >= 4 is 5.97 Å². The highest BCUT2D eigenvalue weighted by molar-refractivity contribution is 5.79. The summed E-state index contributed by atoms with van der Waals surface area (Å²) < 4.78 is 7.74. The second-order valence-electron chi connectivity index (χ2n) is 8.63. The Morgan fingerprint density at radius 1 is 1.46 bits per heavy atom. The summed E-state index contributed by atoms with van der Waals surface area (Å²) in [5.41, 5.74) is -0.750. The fourth-order valence-electron chi connectivity index (χ4n) is 4.25. The number of rotatable bonds is 4. The molecule has 1 aliphatic heterocycles. The van der Waals surface area contributed by atoms with E-state index >= 15 is 0 Å². The van der Waals surface area contributed by atoms with Crippen molar-refractivity contribution in [2.75, 3.05) is 13.1 Å². The smallest absolute Gasteiger partial charge is 0.314 e. The Balaban J connectivity index is 1.74. The molecule has 1 aromatic heterocycles. The molecule has 6 nitrogen and oxygen atoms in total. The van der Waals surface area contributed by atoms with Crippen LogP contribution in [0.3, 0.4) is 0 Å². The molecule has 134 valence electrons. The van der Waals surface area contributed by atoms with Crippen LogP contribution in [-0.2, 0) is 16.1 Å². The Kier molecular flexibility index (Phi) is 4.45. The molecular formula is C18H30N4O2. The number of carbonyl (C=O) groups excluding carboxylic acids is 1. The van der Waals surface area contributed by atoms with Crippen LogP contribution in [-0.4, -0.2) is 44.3 Å². The molecule has 2 atom stereocenters. The van der Waals surface area contributed by atoms with E-state index in [4.69, 9.17) is 4.74 Å². The van der Waals surface area contributed by atoms with Crippen LogP contribution in [0.1, 0.15) is 65.7 Å². The van der Waals surface area contributed by atoms with Crippen molar-refractivity contribution in [2.45, 2.75) is 72.1 Å². The van der Waals surface area contributed by atoms with Gasteiger partial charge in [0, 0.05) is 19.1 Å². The van der Waals surface area contributed by atoms with E-state index in [1.54, 1.807) is 6.33 Å². The summed E-state index contributed by atoms with van der Waals surface area (Å²) in [6.45, 7) is 12.5. The monoisotopic (exact) mass is 334 g/mol. The number of ether oxygens (including phenoxy) is 1. The quantitative estimate of drug-likeness (QED) is 0.793. The van der Waals surface area contributed by atoms with Crippen molar-refractivity contribution in [3.05, 3.63) is 12.2 Å². The fourth-order valence-corrected chi connectivity index (χ4v) is 4.25. The van der Waals surface area contributed by atoms with E-state index in [1.165, 1.54) is 0 Å². The molecule has 0 amide bonds. The minimum absolute atomic E-state index is 0.00896. The summed E-state index contributed by atoms with van der Waals surface area (Å²) in [7, 11) is 0. The Morgan fingerprint density at radius 3 is 2.88 bits per heavy atom. The Labute approximate surface area is 144 Å². The van der Waals surface area contributed by atoms with Crippen LogP contribution in [0.15, 0.2) is 6.33 Å². The predicted molar refractivity (Wildman–Crippen MR) is 91.3 cm³/mol. The third-order valence-electron chi connectivity index (χ3n) is 5.25. The summed E-state index contributed by atoms with van der Waals surface area (Å²) in [5, 5.41) is 4.32. The zero-order valence-electron chi connectivity index (χ0n) is 15.6. The highest BCUT2D eigenvalue weighted by Gasteiger charge is 2.56. The molecule has 2 aliphatic rings. The SMILES string of the molecule is CC(C)n1ncnc1CN1C[C@@H]2CCC[C@@]2(C(=O)OC(C)(C)C)C1. The van der Waals surface area contributed by atoms with Gasteiger partial charge in [0.2, 0.25) is 0 Å². The average Bonchev–Trinajstić information content (AvgIpc) is 3.10. The summed E-state index contributed by atoms with van der Waals surface area (Å²) >= 11 is 0. The minimum atomic E-state index is -0.426. The number of hydrogen-bond acceptors (Lipinski definition) is 5. The van der Waals surface area contributed by atoms with Crippen molar-refractivity contribution < 1.29 is 9.53 Å². The first-order chi connectivity index (χ1) is 11.2. The number of likely N-dealkylation sites (tertiary alicyclic amines) is 1. The van der Waals surface area contributed by atoms with Crippen LogP contribution < -0.4 is 0 Å². The molecule has 2 heterocycles. The predicted octanol–water partition coefficient (Wildman–Crippen LogP) is 2.80. The van der Waals surface area contributed by atoms with Gasteiger partial charge in [-0.2, -0.15) is 5.10 Å². The molecule has 0 spiro atoms. The number of fused-ring (bicyclic) bond motifs is 1. The zero-order valence-corrected chi connectivity index (χ0v) is 15.6. The van der Waals surface area contributed by atoms with Crippen LogP contribution in [0.25, 0.3) is 0 Å². The molecule has 1 aliphatic carbocycles. The van der Waals surface area contributed by atoms with Crippen LogP contribution in [0, 0.1) is 11.3 Å². The molecule has 3 rings (SSSR count). The molecule has 1 saturated carbocycles. The maximum Gasteiger partial charge on any atom is 0.314 e. The van der Waals surface area contributed by atoms with Gasteiger partial charge < -0.3 is 4.74 Å². The van der Waals surface area contributed by atoms with E-state index < -0.39 is 5.60 Å². The lowest BCUT2D eigenvalue weighted by Crippen LogP contribution is -2.41. The van der Waals surface area contributed by atoms with Gasteiger partial charge >= 0.3 is 5.97 Å². The van der Waals surface area contributed by atoms with Crippen LogP contribution in [0.2, 0.25) is 0 Å². The van der Waals surface area contributed by atoms with Crippen molar-refractivity contribution in [3.8, 4) is 0 Å². The second kappa shape index (κ2) is 6.14. The minimum Gasteiger partial charge on any atom is -0.459 e. The maximum absolute atomic E-state index is 12.9. The van der Waals surface area contributed by atoms with Gasteiger partial charge in [0.25, 0.3) is 0 Å². The van der Waals surface area contributed by atoms with Gasteiger partial charge in [-0.15, -0.1) is 0 Å². The summed E-state index contributed by atoms with van der Waals surface area (Å²) in [6, 6.07) is 0.296. The van der Waals surface area contributed by atoms with E-state index in [1.807, 2.05) is 25.5 Å². The largest absolute Gasteiger partial charge is 0.459 e. The first-order valence-corrected chi connectivity index (χ1v) is 9.05. The first-order valence-electron chi connectivity index (χ1n) is 9.05. The Hall–Kier alpha value is -1.43. The number of aromatic nitrogens is 3. The molecular weight excluding hydrogens is 304 g/mol. The summed E-state index contributed by atoms with van der Waals surface area (Å²) in [5.74, 6) is 1.37. The van der Waals surface area contributed by atoms with Crippen LogP contribution in [0.5, 0.6) is 0 Å². The lowest BCUT2D eigenvalue weighted by molar-refractivity contribution is -0.168. The van der Waals surface area contributed by atoms with E-state index in [0.29, 0.717) is 12.0 Å². The topological polar surface area (TPSA) is 60.2 Å². The highest BCUT2D eigenvalue weighted by atomic mass is 16.6. The standard InChI is InChI=1S/C18H30N4O2/c1-13(2)22-15(19-12-20-22)10-21-9-14-7-6-8-18(14,11-21)16(23)24-17(3,4)5/h12-14H,6-11H2,1-5H3/t14-,18+/m0/s1. The number of esters is 1. The molecule has 1 aromatic rings. The lowest BCUT2D eigenvalue weighted by atomic mass is 9.80. The van der Waals surface area contributed by atoms with Crippen molar-refractivity contribution in [1.82, 2.24) is 19.7 Å². The van der Waals surface area contributed by atoms with Gasteiger partial charge in [-0.1, -0.05) is 6.42 Å². The lowest BCUT2D eigenvalue weighted by Gasteiger charge is -2.31. The molecule has 0 bridgehead atoms. The molecule has 24 heavy (non-hydrogen) atoms. The van der Waals surface area contributed by atoms with Gasteiger partial charge in [0.1, 0.15) is 17.8 Å². The molecule has 1 saturated heterocycles. The van der Waals surface area contributed by atoms with Gasteiger partial charge in [0.15, 0.2) is 0 Å². The molecule has 2 fully saturated rings. The van der Waals surface area contributed by atoms with Gasteiger partial charge in [-0.25, -0.2) is 9.67 Å². The van der Waals surface area contributed by atoms with E-state index in [-0.39, 0.29) is 11.4 Å². The van der Waals surface area contributed by atoms with Crippen LogP contribution in [0.4, 0.5) is 0 Å². The summed E-state index contributed by atoms with van der Waals surface area (Å²) in [6.07, 6.45) is 4.81. The molecule has 0 aromatic carbocycles. The summed E-state index contributed by atoms with van der Waals surface area (Å²) in [4.78, 5) is 19.7.